The molecule has 3 rings (SSSR count). The fourth-order valence-electron chi connectivity index (χ4n) is 2.72. The molecule has 25 heavy (non-hydrogen) atoms. The first kappa shape index (κ1) is 17.9. The van der Waals surface area contributed by atoms with Crippen molar-refractivity contribution in [3.8, 4) is 5.75 Å². The quantitative estimate of drug-likeness (QED) is 0.845. The van der Waals surface area contributed by atoms with Crippen molar-refractivity contribution in [2.24, 2.45) is 0 Å². The molecule has 7 heteroatoms. The Balaban J connectivity index is 1.70. The van der Waals surface area contributed by atoms with Crippen LogP contribution < -0.4 is 10.1 Å². The molecule has 0 radical (unpaired) electrons. The lowest BCUT2D eigenvalue weighted by Gasteiger charge is -2.33. The molecule has 1 unspecified atom stereocenters. The number of hydrogen-bond donors (Lipinski definition) is 1. The number of urea groups is 1. The van der Waals surface area contributed by atoms with E-state index in [0.29, 0.717) is 41.2 Å². The molecule has 0 aliphatic carbocycles. The number of rotatable bonds is 3. The maximum absolute atomic E-state index is 12.6. The van der Waals surface area contributed by atoms with Gasteiger partial charge >= 0.3 is 6.03 Å². The number of hydrogen-bond acceptors (Lipinski definition) is 3. The molecular weight excluding hydrogens is 363 g/mol. The zero-order chi connectivity index (χ0) is 17.8. The highest BCUT2D eigenvalue weighted by atomic mass is 35.5. The summed E-state index contributed by atoms with van der Waals surface area (Å²) in [6.45, 7) is 1.43. The third-order valence-electron chi connectivity index (χ3n) is 4.01. The number of methoxy groups -OCH3 is 1. The maximum Gasteiger partial charge on any atom is 0.322 e. The van der Waals surface area contributed by atoms with Gasteiger partial charge in [-0.1, -0.05) is 41.4 Å². The second-order valence-electron chi connectivity index (χ2n) is 5.61. The van der Waals surface area contributed by atoms with Gasteiger partial charge in [-0.25, -0.2) is 4.79 Å². The molecule has 1 atom stereocenters. The van der Waals surface area contributed by atoms with Crippen LogP contribution in [0.5, 0.6) is 5.75 Å². The molecule has 0 spiro atoms. The van der Waals surface area contributed by atoms with Crippen molar-refractivity contribution in [3.63, 3.8) is 0 Å². The predicted molar refractivity (Wildman–Crippen MR) is 98.7 cm³/mol. The number of carbonyl (C=O) groups is 1. The molecule has 0 bridgehead atoms. The Morgan fingerprint density at radius 3 is 2.72 bits per heavy atom. The first-order valence-electron chi connectivity index (χ1n) is 7.84. The first-order chi connectivity index (χ1) is 12.1. The standard InChI is InChI=1S/C18H18Cl2N2O3/c1-24-17-14(20)3-2-4-15(17)21-18(23)22-9-10-25-16(11-22)12-5-7-13(19)8-6-12/h2-8,16H,9-11H2,1H3,(H,21,23). The van der Waals surface area contributed by atoms with Crippen LogP contribution in [0.2, 0.25) is 10.0 Å². The van der Waals surface area contributed by atoms with Gasteiger partial charge in [0.15, 0.2) is 5.75 Å². The third-order valence-corrected chi connectivity index (χ3v) is 4.56. The molecule has 132 valence electrons. The molecular formula is C18H18Cl2N2O3. The Morgan fingerprint density at radius 1 is 1.24 bits per heavy atom. The van der Waals surface area contributed by atoms with Gasteiger partial charge in [-0.15, -0.1) is 0 Å². The Morgan fingerprint density at radius 2 is 2.00 bits per heavy atom. The molecule has 5 nitrogen and oxygen atoms in total. The highest BCUT2D eigenvalue weighted by molar-refractivity contribution is 6.32. The molecule has 0 saturated carbocycles. The number of carbonyl (C=O) groups excluding carboxylic acids is 1. The van der Waals surface area contributed by atoms with E-state index in [0.717, 1.165) is 5.56 Å². The summed E-state index contributed by atoms with van der Waals surface area (Å²) in [6, 6.07) is 12.5. The first-order valence-corrected chi connectivity index (χ1v) is 8.59. The fraction of sp³-hybridized carbons (Fsp3) is 0.278. The summed E-state index contributed by atoms with van der Waals surface area (Å²) in [7, 11) is 1.52. The lowest BCUT2D eigenvalue weighted by molar-refractivity contribution is -0.0135. The third kappa shape index (κ3) is 4.18. The van der Waals surface area contributed by atoms with Crippen LogP contribution in [0.25, 0.3) is 0 Å². The number of ether oxygens (including phenoxy) is 2. The van der Waals surface area contributed by atoms with Gasteiger partial charge < -0.3 is 19.7 Å². The zero-order valence-electron chi connectivity index (χ0n) is 13.7. The topological polar surface area (TPSA) is 50.8 Å². The second kappa shape index (κ2) is 7.95. The minimum Gasteiger partial charge on any atom is -0.493 e. The summed E-state index contributed by atoms with van der Waals surface area (Å²) in [5, 5.41) is 3.97. The van der Waals surface area contributed by atoms with E-state index in [-0.39, 0.29) is 12.1 Å². The Hall–Kier alpha value is -1.95. The van der Waals surface area contributed by atoms with E-state index >= 15 is 0 Å². The van der Waals surface area contributed by atoms with Crippen LogP contribution in [-0.4, -0.2) is 37.7 Å². The lowest BCUT2D eigenvalue weighted by atomic mass is 10.1. The van der Waals surface area contributed by atoms with Gasteiger partial charge in [0.25, 0.3) is 0 Å². The van der Waals surface area contributed by atoms with Gasteiger partial charge in [0, 0.05) is 11.6 Å². The molecule has 1 saturated heterocycles. The van der Waals surface area contributed by atoms with Gasteiger partial charge in [0.05, 0.1) is 31.0 Å². The largest absolute Gasteiger partial charge is 0.493 e. The summed E-state index contributed by atoms with van der Waals surface area (Å²) in [5.74, 6) is 0.444. The molecule has 1 N–H and O–H groups in total. The van der Waals surface area contributed by atoms with Crippen LogP contribution in [0.4, 0.5) is 10.5 Å². The molecule has 1 heterocycles. The molecule has 2 aromatic carbocycles. The Bertz CT molecular complexity index is 752. The molecule has 1 aliphatic rings. The predicted octanol–water partition coefficient (Wildman–Crippen LogP) is 4.61. The maximum atomic E-state index is 12.6. The van der Waals surface area contributed by atoms with Crippen LogP contribution in [0.15, 0.2) is 42.5 Å². The van der Waals surface area contributed by atoms with Gasteiger partial charge in [-0.05, 0) is 29.8 Å². The summed E-state index contributed by atoms with van der Waals surface area (Å²) in [6.07, 6.45) is -0.182. The average molecular weight is 381 g/mol. The van der Waals surface area contributed by atoms with Crippen LogP contribution in [0.1, 0.15) is 11.7 Å². The van der Waals surface area contributed by atoms with E-state index in [2.05, 4.69) is 5.32 Å². The zero-order valence-corrected chi connectivity index (χ0v) is 15.2. The molecule has 1 fully saturated rings. The number of morpholine rings is 1. The minimum atomic E-state index is -0.220. The minimum absolute atomic E-state index is 0.182. The Kier molecular flexibility index (Phi) is 5.68. The number of para-hydroxylation sites is 1. The van der Waals surface area contributed by atoms with Gasteiger partial charge in [-0.3, -0.25) is 0 Å². The van der Waals surface area contributed by atoms with Crippen molar-refractivity contribution in [2.75, 3.05) is 32.1 Å². The highest BCUT2D eigenvalue weighted by Crippen LogP contribution is 2.33. The number of anilines is 1. The number of halogens is 2. The van der Waals surface area contributed by atoms with Crippen molar-refractivity contribution in [1.29, 1.82) is 0 Å². The summed E-state index contributed by atoms with van der Waals surface area (Å²) >= 11 is 12.0. The fourth-order valence-corrected chi connectivity index (χ4v) is 3.10. The lowest BCUT2D eigenvalue weighted by Crippen LogP contribution is -2.44. The highest BCUT2D eigenvalue weighted by Gasteiger charge is 2.26. The van der Waals surface area contributed by atoms with Gasteiger partial charge in [0.1, 0.15) is 6.10 Å². The SMILES string of the molecule is COc1c(Cl)cccc1NC(=O)N1CCOC(c2ccc(Cl)cc2)C1. The van der Waals surface area contributed by atoms with E-state index < -0.39 is 0 Å². The van der Waals surface area contributed by atoms with Crippen molar-refractivity contribution in [2.45, 2.75) is 6.10 Å². The molecule has 1 aliphatic heterocycles. The van der Waals surface area contributed by atoms with Crippen LogP contribution in [0, 0.1) is 0 Å². The Labute approximate surface area is 156 Å². The summed E-state index contributed by atoms with van der Waals surface area (Å²) in [4.78, 5) is 14.3. The van der Waals surface area contributed by atoms with Crippen LogP contribution >= 0.6 is 23.2 Å². The number of benzene rings is 2. The van der Waals surface area contributed by atoms with Crippen molar-refractivity contribution >= 4 is 34.9 Å². The van der Waals surface area contributed by atoms with Crippen molar-refractivity contribution < 1.29 is 14.3 Å². The smallest absolute Gasteiger partial charge is 0.322 e. The normalized spacial score (nSPS) is 17.2. The molecule has 2 aromatic rings. The van der Waals surface area contributed by atoms with E-state index in [4.69, 9.17) is 32.7 Å². The van der Waals surface area contributed by atoms with Crippen LogP contribution in [0.3, 0.4) is 0 Å². The number of nitrogens with zero attached hydrogens (tertiary/aromatic N) is 1. The van der Waals surface area contributed by atoms with E-state index in [1.165, 1.54) is 7.11 Å². The van der Waals surface area contributed by atoms with Crippen LogP contribution in [-0.2, 0) is 4.74 Å². The average Bonchev–Trinajstić information content (AvgIpc) is 2.62. The number of nitrogens with one attached hydrogen (secondary N) is 1. The number of amides is 2. The molecule has 2 amide bonds. The van der Waals surface area contributed by atoms with E-state index in [9.17, 15) is 4.79 Å². The van der Waals surface area contributed by atoms with Gasteiger partial charge in [-0.2, -0.15) is 0 Å². The van der Waals surface area contributed by atoms with E-state index in [1.54, 1.807) is 23.1 Å². The second-order valence-corrected chi connectivity index (χ2v) is 6.45. The molecule has 0 aromatic heterocycles. The monoisotopic (exact) mass is 380 g/mol. The summed E-state index contributed by atoms with van der Waals surface area (Å²) < 4.78 is 11.1. The summed E-state index contributed by atoms with van der Waals surface area (Å²) in [5.41, 5.74) is 1.52. The van der Waals surface area contributed by atoms with E-state index in [1.807, 2.05) is 24.3 Å². The van der Waals surface area contributed by atoms with Crippen molar-refractivity contribution in [1.82, 2.24) is 4.90 Å². The van der Waals surface area contributed by atoms with Crippen molar-refractivity contribution in [3.05, 3.63) is 58.1 Å². The van der Waals surface area contributed by atoms with Gasteiger partial charge in [0.2, 0.25) is 0 Å².